The van der Waals surface area contributed by atoms with Gasteiger partial charge in [0.1, 0.15) is 0 Å². The van der Waals surface area contributed by atoms with Crippen molar-refractivity contribution in [3.63, 3.8) is 0 Å². The fourth-order valence-electron chi connectivity index (χ4n) is 2.91. The molecular weight excluding hydrogens is 310 g/mol. The molecule has 0 aliphatic carbocycles. The van der Waals surface area contributed by atoms with Crippen LogP contribution in [0.5, 0.6) is 0 Å². The maximum Gasteiger partial charge on any atom is 0.177 e. The number of hydrogen-bond acceptors (Lipinski definition) is 3. The number of nitrogens with one attached hydrogen (secondary N) is 1. The molecule has 0 aromatic heterocycles. The average molecular weight is 332 g/mol. The van der Waals surface area contributed by atoms with Gasteiger partial charge in [-0.05, 0) is 42.7 Å². The molecule has 0 radical (unpaired) electrons. The van der Waals surface area contributed by atoms with Crippen LogP contribution in [0.3, 0.4) is 0 Å². The van der Waals surface area contributed by atoms with Crippen LogP contribution < -0.4 is 5.32 Å². The van der Waals surface area contributed by atoms with Crippen LogP contribution in [-0.2, 0) is 9.47 Å². The Hall–Kier alpha value is -1.39. The normalized spacial score (nSPS) is 22.7. The zero-order valence-corrected chi connectivity index (χ0v) is 14.2. The third-order valence-electron chi connectivity index (χ3n) is 4.05. The summed E-state index contributed by atoms with van der Waals surface area (Å²) in [5, 5.41) is 4.22. The molecule has 1 N–H and O–H groups in total. The zero-order valence-electron chi connectivity index (χ0n) is 13.5. The SMILES string of the molecule is Cc1cc(Cl)cc(C(C)OC2OCCNC2c2ccccc2)c1. The summed E-state index contributed by atoms with van der Waals surface area (Å²) in [7, 11) is 0. The monoisotopic (exact) mass is 331 g/mol. The predicted molar refractivity (Wildman–Crippen MR) is 92.6 cm³/mol. The van der Waals surface area contributed by atoms with Crippen molar-refractivity contribution in [3.05, 3.63) is 70.2 Å². The van der Waals surface area contributed by atoms with Crippen LogP contribution in [0, 0.1) is 6.92 Å². The van der Waals surface area contributed by atoms with Gasteiger partial charge in [-0.2, -0.15) is 0 Å². The molecule has 122 valence electrons. The van der Waals surface area contributed by atoms with Crippen LogP contribution in [0.15, 0.2) is 48.5 Å². The lowest BCUT2D eigenvalue weighted by Gasteiger charge is -2.34. The number of morpholine rings is 1. The Labute approximate surface area is 142 Å². The van der Waals surface area contributed by atoms with Crippen molar-refractivity contribution in [2.45, 2.75) is 32.3 Å². The van der Waals surface area contributed by atoms with Crippen LogP contribution in [0.1, 0.15) is 35.8 Å². The highest BCUT2D eigenvalue weighted by Crippen LogP contribution is 2.29. The van der Waals surface area contributed by atoms with E-state index in [4.69, 9.17) is 21.1 Å². The number of rotatable bonds is 4. The van der Waals surface area contributed by atoms with Crippen molar-refractivity contribution in [1.29, 1.82) is 0 Å². The van der Waals surface area contributed by atoms with Gasteiger partial charge in [0.2, 0.25) is 0 Å². The Morgan fingerprint density at radius 1 is 1.22 bits per heavy atom. The minimum Gasteiger partial charge on any atom is -0.349 e. The van der Waals surface area contributed by atoms with Gasteiger partial charge in [-0.15, -0.1) is 0 Å². The summed E-state index contributed by atoms with van der Waals surface area (Å²) in [5.41, 5.74) is 3.37. The lowest BCUT2D eigenvalue weighted by Crippen LogP contribution is -2.43. The van der Waals surface area contributed by atoms with Crippen LogP contribution in [0.2, 0.25) is 5.02 Å². The van der Waals surface area contributed by atoms with Crippen LogP contribution >= 0.6 is 11.6 Å². The molecule has 3 nitrogen and oxygen atoms in total. The molecular formula is C19H22ClNO2. The molecule has 1 aliphatic heterocycles. The second kappa shape index (κ2) is 7.45. The molecule has 0 bridgehead atoms. The molecule has 0 saturated carbocycles. The second-order valence-corrected chi connectivity index (χ2v) is 6.36. The molecule has 3 rings (SSSR count). The van der Waals surface area contributed by atoms with E-state index in [9.17, 15) is 0 Å². The minimum atomic E-state index is -0.319. The quantitative estimate of drug-likeness (QED) is 0.900. The summed E-state index contributed by atoms with van der Waals surface area (Å²) < 4.78 is 12.1. The van der Waals surface area contributed by atoms with E-state index < -0.39 is 0 Å². The average Bonchev–Trinajstić information content (AvgIpc) is 2.55. The first-order chi connectivity index (χ1) is 11.1. The fourth-order valence-corrected chi connectivity index (χ4v) is 3.21. The van der Waals surface area contributed by atoms with Gasteiger partial charge >= 0.3 is 0 Å². The number of benzene rings is 2. The second-order valence-electron chi connectivity index (χ2n) is 5.92. The van der Waals surface area contributed by atoms with Crippen molar-refractivity contribution in [1.82, 2.24) is 5.32 Å². The van der Waals surface area contributed by atoms with Crippen LogP contribution in [-0.4, -0.2) is 19.4 Å². The highest BCUT2D eigenvalue weighted by atomic mass is 35.5. The topological polar surface area (TPSA) is 30.5 Å². The first-order valence-corrected chi connectivity index (χ1v) is 8.34. The first kappa shape index (κ1) is 16.5. The molecule has 1 aliphatic rings. The van der Waals surface area contributed by atoms with Gasteiger partial charge in [0.25, 0.3) is 0 Å². The summed E-state index contributed by atoms with van der Waals surface area (Å²) >= 11 is 6.16. The third-order valence-corrected chi connectivity index (χ3v) is 4.27. The van der Waals surface area contributed by atoms with Crippen LogP contribution in [0.4, 0.5) is 0 Å². The Balaban J connectivity index is 1.76. The Morgan fingerprint density at radius 2 is 2.00 bits per heavy atom. The highest BCUT2D eigenvalue weighted by molar-refractivity contribution is 6.30. The molecule has 4 heteroatoms. The van der Waals surface area contributed by atoms with Gasteiger partial charge in [0.05, 0.1) is 18.8 Å². The summed E-state index contributed by atoms with van der Waals surface area (Å²) in [6, 6.07) is 16.3. The van der Waals surface area contributed by atoms with E-state index >= 15 is 0 Å². The molecule has 3 atom stereocenters. The van der Waals surface area contributed by atoms with Gasteiger partial charge in [0.15, 0.2) is 6.29 Å². The number of ether oxygens (including phenoxy) is 2. The maximum absolute atomic E-state index is 6.21. The molecule has 1 saturated heterocycles. The number of aryl methyl sites for hydroxylation is 1. The smallest absolute Gasteiger partial charge is 0.177 e. The summed E-state index contributed by atoms with van der Waals surface area (Å²) in [4.78, 5) is 0. The predicted octanol–water partition coefficient (Wildman–Crippen LogP) is 4.41. The van der Waals surface area contributed by atoms with Crippen molar-refractivity contribution in [3.8, 4) is 0 Å². The molecule has 1 fully saturated rings. The molecule has 3 unspecified atom stereocenters. The van der Waals surface area contributed by atoms with Gasteiger partial charge in [-0.1, -0.05) is 48.0 Å². The molecule has 1 heterocycles. The van der Waals surface area contributed by atoms with Gasteiger partial charge in [-0.25, -0.2) is 0 Å². The van der Waals surface area contributed by atoms with E-state index in [-0.39, 0.29) is 18.4 Å². The highest BCUT2D eigenvalue weighted by Gasteiger charge is 2.29. The van der Waals surface area contributed by atoms with E-state index in [1.54, 1.807) is 0 Å². The Morgan fingerprint density at radius 3 is 2.74 bits per heavy atom. The standard InChI is InChI=1S/C19H22ClNO2/c1-13-10-16(12-17(20)11-13)14(2)23-19-18(21-8-9-22-19)15-6-4-3-5-7-15/h3-7,10-12,14,18-19,21H,8-9H2,1-2H3. The molecule has 23 heavy (non-hydrogen) atoms. The fraction of sp³-hybridized carbons (Fsp3) is 0.368. The molecule has 0 amide bonds. The maximum atomic E-state index is 6.21. The first-order valence-electron chi connectivity index (χ1n) is 7.96. The van der Waals surface area contributed by atoms with Gasteiger partial charge in [-0.3, -0.25) is 0 Å². The van der Waals surface area contributed by atoms with Gasteiger partial charge in [0, 0.05) is 11.6 Å². The summed E-state index contributed by atoms with van der Waals surface area (Å²) in [6.07, 6.45) is -0.413. The number of hydrogen-bond donors (Lipinski definition) is 1. The zero-order chi connectivity index (χ0) is 16.2. The van der Waals surface area contributed by atoms with E-state index in [0.717, 1.165) is 22.7 Å². The Bertz CT molecular complexity index is 627. The van der Waals surface area contributed by atoms with Crippen molar-refractivity contribution >= 4 is 11.6 Å². The van der Waals surface area contributed by atoms with Crippen molar-refractivity contribution < 1.29 is 9.47 Å². The Kier molecular flexibility index (Phi) is 5.34. The third kappa shape index (κ3) is 4.12. The van der Waals surface area contributed by atoms with E-state index in [1.165, 1.54) is 5.56 Å². The minimum absolute atomic E-state index is 0.0349. The largest absolute Gasteiger partial charge is 0.349 e. The van der Waals surface area contributed by atoms with E-state index in [1.807, 2.05) is 44.2 Å². The molecule has 2 aromatic rings. The van der Waals surface area contributed by atoms with E-state index in [0.29, 0.717) is 6.61 Å². The lowest BCUT2D eigenvalue weighted by molar-refractivity contribution is -0.200. The number of halogens is 1. The summed E-state index contributed by atoms with van der Waals surface area (Å²) in [6.45, 7) is 5.54. The molecule has 0 spiro atoms. The van der Waals surface area contributed by atoms with E-state index in [2.05, 4.69) is 23.5 Å². The van der Waals surface area contributed by atoms with Crippen molar-refractivity contribution in [2.75, 3.05) is 13.2 Å². The lowest BCUT2D eigenvalue weighted by atomic mass is 10.0. The molecule has 2 aromatic carbocycles. The van der Waals surface area contributed by atoms with Crippen molar-refractivity contribution in [2.24, 2.45) is 0 Å². The summed E-state index contributed by atoms with van der Waals surface area (Å²) in [5.74, 6) is 0. The van der Waals surface area contributed by atoms with Gasteiger partial charge < -0.3 is 14.8 Å². The van der Waals surface area contributed by atoms with Crippen LogP contribution in [0.25, 0.3) is 0 Å².